The van der Waals surface area contributed by atoms with Crippen molar-refractivity contribution >= 4 is 10.9 Å². The molecule has 1 fully saturated rings. The van der Waals surface area contributed by atoms with Crippen molar-refractivity contribution in [3.8, 4) is 0 Å². The second kappa shape index (κ2) is 4.74. The Hall–Kier alpha value is -1.75. The average molecular weight is 261 g/mol. The molecule has 1 aliphatic rings. The van der Waals surface area contributed by atoms with Crippen LogP contribution < -0.4 is 5.56 Å². The highest BCUT2D eigenvalue weighted by atomic mass is 19.1. The highest BCUT2D eigenvalue weighted by molar-refractivity contribution is 5.77. The predicted molar refractivity (Wildman–Crippen MR) is 71.6 cm³/mol. The van der Waals surface area contributed by atoms with E-state index in [1.165, 1.54) is 17.0 Å². The van der Waals surface area contributed by atoms with E-state index in [4.69, 9.17) is 0 Å². The molecule has 19 heavy (non-hydrogen) atoms. The van der Waals surface area contributed by atoms with Crippen LogP contribution in [0.2, 0.25) is 0 Å². The molecule has 1 saturated heterocycles. The number of fused-ring (bicyclic) bond motifs is 1. The first kappa shape index (κ1) is 12.3. The summed E-state index contributed by atoms with van der Waals surface area (Å²) in [7, 11) is 2.07. The summed E-state index contributed by atoms with van der Waals surface area (Å²) in [5.41, 5.74) is 0.141. The standard InChI is InChI=1S/C14H16FN3O/c1-17-6-5-10(7-17)8-18-9-16-12-4-2-3-11(15)13(12)14(18)19/h2-4,9-10H,5-8H2,1H3/t10-/m1/s1. The number of hydrogen-bond donors (Lipinski definition) is 0. The van der Waals surface area contributed by atoms with Crippen molar-refractivity contribution in [1.29, 1.82) is 0 Å². The van der Waals surface area contributed by atoms with Crippen LogP contribution in [0.4, 0.5) is 4.39 Å². The monoisotopic (exact) mass is 261 g/mol. The van der Waals surface area contributed by atoms with Gasteiger partial charge < -0.3 is 4.90 Å². The zero-order valence-corrected chi connectivity index (χ0v) is 10.8. The van der Waals surface area contributed by atoms with Crippen LogP contribution in [-0.2, 0) is 6.54 Å². The largest absolute Gasteiger partial charge is 0.306 e. The first-order chi connectivity index (χ1) is 9.15. The summed E-state index contributed by atoms with van der Waals surface area (Å²) in [6.07, 6.45) is 2.60. The van der Waals surface area contributed by atoms with Crippen LogP contribution in [0.3, 0.4) is 0 Å². The number of nitrogens with zero attached hydrogens (tertiary/aromatic N) is 3. The molecule has 2 heterocycles. The van der Waals surface area contributed by atoms with Crippen LogP contribution in [0.1, 0.15) is 6.42 Å². The van der Waals surface area contributed by atoms with E-state index < -0.39 is 5.82 Å². The molecule has 4 nitrogen and oxygen atoms in total. The van der Waals surface area contributed by atoms with Crippen molar-refractivity contribution in [3.05, 3.63) is 40.7 Å². The third kappa shape index (κ3) is 2.26. The van der Waals surface area contributed by atoms with Crippen molar-refractivity contribution in [2.24, 2.45) is 5.92 Å². The molecule has 0 saturated carbocycles. The molecular weight excluding hydrogens is 245 g/mol. The number of aromatic nitrogens is 2. The maximum Gasteiger partial charge on any atom is 0.264 e. The third-order valence-electron chi connectivity index (χ3n) is 3.75. The van der Waals surface area contributed by atoms with Gasteiger partial charge in [-0.1, -0.05) is 6.07 Å². The first-order valence-corrected chi connectivity index (χ1v) is 6.47. The fourth-order valence-corrected chi connectivity index (χ4v) is 2.74. The smallest absolute Gasteiger partial charge is 0.264 e. The van der Waals surface area contributed by atoms with Crippen molar-refractivity contribution in [2.45, 2.75) is 13.0 Å². The van der Waals surface area contributed by atoms with Crippen LogP contribution in [0.15, 0.2) is 29.3 Å². The Kier molecular flexibility index (Phi) is 3.06. The Morgan fingerprint density at radius 3 is 3.05 bits per heavy atom. The summed E-state index contributed by atoms with van der Waals surface area (Å²) in [4.78, 5) is 18.7. The SMILES string of the molecule is CN1CC[C@@H](Cn2cnc3cccc(F)c3c2=O)C1. The second-order valence-corrected chi connectivity index (χ2v) is 5.25. The molecule has 1 atom stereocenters. The Morgan fingerprint density at radius 2 is 2.32 bits per heavy atom. The summed E-state index contributed by atoms with van der Waals surface area (Å²) in [5.74, 6) is -0.0541. The molecule has 0 unspecified atom stereocenters. The van der Waals surface area contributed by atoms with Crippen LogP contribution in [-0.4, -0.2) is 34.6 Å². The summed E-state index contributed by atoms with van der Waals surface area (Å²) >= 11 is 0. The van der Waals surface area contributed by atoms with Gasteiger partial charge in [0.1, 0.15) is 11.2 Å². The van der Waals surface area contributed by atoms with Gasteiger partial charge in [0.05, 0.1) is 11.8 Å². The Labute approximate surface area is 110 Å². The molecule has 0 bridgehead atoms. The molecule has 0 aliphatic carbocycles. The van der Waals surface area contributed by atoms with Gasteiger partial charge in [-0.3, -0.25) is 9.36 Å². The van der Waals surface area contributed by atoms with E-state index in [0.717, 1.165) is 19.5 Å². The quantitative estimate of drug-likeness (QED) is 0.822. The lowest BCUT2D eigenvalue weighted by Gasteiger charge is -2.12. The highest BCUT2D eigenvalue weighted by Gasteiger charge is 2.20. The number of hydrogen-bond acceptors (Lipinski definition) is 3. The molecule has 0 radical (unpaired) electrons. The zero-order valence-electron chi connectivity index (χ0n) is 10.8. The minimum atomic E-state index is -0.493. The van der Waals surface area contributed by atoms with Gasteiger partial charge in [-0.2, -0.15) is 0 Å². The van der Waals surface area contributed by atoms with Crippen molar-refractivity contribution in [1.82, 2.24) is 14.5 Å². The highest BCUT2D eigenvalue weighted by Crippen LogP contribution is 2.16. The number of benzene rings is 1. The lowest BCUT2D eigenvalue weighted by molar-refractivity contribution is 0.375. The summed E-state index contributed by atoms with van der Waals surface area (Å²) < 4.78 is 15.3. The van der Waals surface area contributed by atoms with E-state index in [1.807, 2.05) is 0 Å². The normalized spacial score (nSPS) is 20.2. The van der Waals surface area contributed by atoms with Gasteiger partial charge in [0, 0.05) is 13.1 Å². The molecule has 0 N–H and O–H groups in total. The summed E-state index contributed by atoms with van der Waals surface area (Å²) in [5, 5.41) is 0.0938. The van der Waals surface area contributed by atoms with E-state index in [-0.39, 0.29) is 10.9 Å². The molecule has 2 aromatic rings. The van der Waals surface area contributed by atoms with Gasteiger partial charge in [0.15, 0.2) is 0 Å². The van der Waals surface area contributed by atoms with Crippen LogP contribution in [0.5, 0.6) is 0 Å². The summed E-state index contributed by atoms with van der Waals surface area (Å²) in [6.45, 7) is 2.64. The lowest BCUT2D eigenvalue weighted by Crippen LogP contribution is -2.26. The molecule has 0 spiro atoms. The van der Waals surface area contributed by atoms with Crippen LogP contribution in [0.25, 0.3) is 10.9 Å². The van der Waals surface area contributed by atoms with Crippen LogP contribution in [0, 0.1) is 11.7 Å². The van der Waals surface area contributed by atoms with Crippen molar-refractivity contribution in [2.75, 3.05) is 20.1 Å². The molecular formula is C14H16FN3O. The minimum Gasteiger partial charge on any atom is -0.306 e. The number of rotatable bonds is 2. The van der Waals surface area contributed by atoms with Gasteiger partial charge in [0.25, 0.3) is 5.56 Å². The van der Waals surface area contributed by atoms with Gasteiger partial charge in [-0.15, -0.1) is 0 Å². The Bertz CT molecular complexity index is 667. The second-order valence-electron chi connectivity index (χ2n) is 5.25. The fraction of sp³-hybridized carbons (Fsp3) is 0.429. The van der Waals surface area contributed by atoms with Gasteiger partial charge in [-0.25, -0.2) is 9.37 Å². The van der Waals surface area contributed by atoms with E-state index in [0.29, 0.717) is 18.0 Å². The van der Waals surface area contributed by atoms with E-state index in [2.05, 4.69) is 16.9 Å². The van der Waals surface area contributed by atoms with E-state index >= 15 is 0 Å². The summed E-state index contributed by atoms with van der Waals surface area (Å²) in [6, 6.07) is 4.53. The molecule has 3 rings (SSSR count). The zero-order chi connectivity index (χ0) is 13.4. The minimum absolute atomic E-state index is 0.0938. The predicted octanol–water partition coefficient (Wildman–Crippen LogP) is 1.49. The van der Waals surface area contributed by atoms with Crippen molar-refractivity contribution in [3.63, 3.8) is 0 Å². The fourth-order valence-electron chi connectivity index (χ4n) is 2.74. The molecule has 1 aromatic heterocycles. The van der Waals surface area contributed by atoms with Gasteiger partial charge in [0.2, 0.25) is 0 Å². The molecule has 1 aliphatic heterocycles. The average Bonchev–Trinajstić information content (AvgIpc) is 2.78. The topological polar surface area (TPSA) is 38.1 Å². The van der Waals surface area contributed by atoms with Gasteiger partial charge >= 0.3 is 0 Å². The molecule has 1 aromatic carbocycles. The molecule has 0 amide bonds. The molecule has 100 valence electrons. The van der Waals surface area contributed by atoms with E-state index in [9.17, 15) is 9.18 Å². The molecule has 5 heteroatoms. The van der Waals surface area contributed by atoms with E-state index in [1.54, 1.807) is 12.1 Å². The maximum absolute atomic E-state index is 13.7. The Morgan fingerprint density at radius 1 is 1.47 bits per heavy atom. The number of likely N-dealkylation sites (tertiary alicyclic amines) is 1. The van der Waals surface area contributed by atoms with Crippen molar-refractivity contribution < 1.29 is 4.39 Å². The Balaban J connectivity index is 1.99. The number of halogens is 1. The van der Waals surface area contributed by atoms with Gasteiger partial charge in [-0.05, 0) is 38.1 Å². The third-order valence-corrected chi connectivity index (χ3v) is 3.75. The maximum atomic E-state index is 13.7. The first-order valence-electron chi connectivity index (χ1n) is 6.47. The van der Waals surface area contributed by atoms with Crippen LogP contribution >= 0.6 is 0 Å². The lowest BCUT2D eigenvalue weighted by atomic mass is 10.1.